The highest BCUT2D eigenvalue weighted by Gasteiger charge is 2.22. The van der Waals surface area contributed by atoms with E-state index in [1.165, 1.54) is 19.4 Å². The highest BCUT2D eigenvalue weighted by molar-refractivity contribution is 6.15. The first-order valence-electron chi connectivity index (χ1n) is 9.65. The largest absolute Gasteiger partial charge is 0.465 e. The third kappa shape index (κ3) is 8.86. The Bertz CT molecular complexity index is 869. The van der Waals surface area contributed by atoms with Gasteiger partial charge in [-0.2, -0.15) is 0 Å². The number of benzene rings is 1. The molecule has 0 aliphatic carbocycles. The number of hydrogen-bond acceptors (Lipinski definition) is 9. The molecule has 1 aromatic rings. The van der Waals surface area contributed by atoms with Crippen molar-refractivity contribution in [1.29, 1.82) is 0 Å². The Kier molecular flexibility index (Phi) is 11.6. The molecule has 0 fully saturated rings. The van der Waals surface area contributed by atoms with Gasteiger partial charge in [-0.25, -0.2) is 19.2 Å². The lowest BCUT2D eigenvalue weighted by Gasteiger charge is -2.20. The van der Waals surface area contributed by atoms with Gasteiger partial charge in [0.25, 0.3) is 0 Å². The molecule has 172 valence electrons. The van der Waals surface area contributed by atoms with E-state index in [1.54, 1.807) is 17.9 Å². The van der Waals surface area contributed by atoms with Crippen molar-refractivity contribution in [3.05, 3.63) is 71.5 Å². The summed E-state index contributed by atoms with van der Waals surface area (Å²) in [5, 5.41) is 0. The van der Waals surface area contributed by atoms with Gasteiger partial charge in [0.05, 0.1) is 33.5 Å². The summed E-state index contributed by atoms with van der Waals surface area (Å²) in [6.45, 7) is 2.52. The first-order valence-corrected chi connectivity index (χ1v) is 9.65. The number of nitrogens with zero attached hydrogens (tertiary/aromatic N) is 1. The van der Waals surface area contributed by atoms with Gasteiger partial charge in [-0.1, -0.05) is 36.4 Å². The standard InChI is InChI=1S/C23H27NO8/c1-5-32-20(25)12-9-13-24(15-17-10-7-6-8-11-17)16-18(21(26)29-2)14-19(22(27)30-3)23(28)31-4/h6-12,14,16H,5,13,15H2,1-4H3/b12-9+,18-16+. The van der Waals surface area contributed by atoms with E-state index in [-0.39, 0.29) is 18.7 Å². The molecule has 0 aromatic heterocycles. The lowest BCUT2D eigenvalue weighted by Crippen LogP contribution is -2.21. The van der Waals surface area contributed by atoms with Crippen LogP contribution in [0.15, 0.2) is 65.9 Å². The van der Waals surface area contributed by atoms with Crippen molar-refractivity contribution in [3.63, 3.8) is 0 Å². The fourth-order valence-electron chi connectivity index (χ4n) is 2.50. The van der Waals surface area contributed by atoms with Crippen LogP contribution in [0.2, 0.25) is 0 Å². The molecule has 0 aliphatic rings. The molecule has 0 saturated carbocycles. The zero-order chi connectivity index (χ0) is 23.9. The fraction of sp³-hybridized carbons (Fsp3) is 0.304. The second-order valence-corrected chi connectivity index (χ2v) is 6.19. The molecule has 0 radical (unpaired) electrons. The van der Waals surface area contributed by atoms with Gasteiger partial charge in [0.15, 0.2) is 0 Å². The van der Waals surface area contributed by atoms with Crippen molar-refractivity contribution >= 4 is 23.9 Å². The third-order valence-corrected chi connectivity index (χ3v) is 3.96. The van der Waals surface area contributed by atoms with Crippen LogP contribution in [0.4, 0.5) is 0 Å². The molecule has 9 heteroatoms. The summed E-state index contributed by atoms with van der Waals surface area (Å²) < 4.78 is 18.9. The zero-order valence-corrected chi connectivity index (χ0v) is 18.5. The molecular weight excluding hydrogens is 418 g/mol. The van der Waals surface area contributed by atoms with Crippen LogP contribution >= 0.6 is 0 Å². The molecule has 0 heterocycles. The van der Waals surface area contributed by atoms with E-state index >= 15 is 0 Å². The summed E-state index contributed by atoms with van der Waals surface area (Å²) in [4.78, 5) is 49.6. The van der Waals surface area contributed by atoms with Gasteiger partial charge in [-0.15, -0.1) is 0 Å². The Morgan fingerprint density at radius 1 is 0.906 bits per heavy atom. The Morgan fingerprint density at radius 2 is 1.50 bits per heavy atom. The number of ether oxygens (including phenoxy) is 4. The van der Waals surface area contributed by atoms with E-state index in [4.69, 9.17) is 9.47 Å². The monoisotopic (exact) mass is 445 g/mol. The molecule has 1 rings (SSSR count). The summed E-state index contributed by atoms with van der Waals surface area (Å²) in [6, 6.07) is 9.36. The van der Waals surface area contributed by atoms with Crippen LogP contribution in [-0.2, 0) is 44.7 Å². The lowest BCUT2D eigenvalue weighted by molar-refractivity contribution is -0.144. The van der Waals surface area contributed by atoms with Crippen LogP contribution in [0.1, 0.15) is 12.5 Å². The average molecular weight is 445 g/mol. The number of methoxy groups -OCH3 is 3. The van der Waals surface area contributed by atoms with Crippen molar-refractivity contribution < 1.29 is 38.1 Å². The SMILES string of the molecule is CCOC(=O)/C=C/CN(/C=C(\C=C(C(=O)OC)C(=O)OC)C(=O)OC)Cc1ccccc1. The van der Waals surface area contributed by atoms with Crippen molar-refractivity contribution in [2.45, 2.75) is 13.5 Å². The number of carbonyl (C=O) groups is 4. The molecule has 0 aliphatic heterocycles. The lowest BCUT2D eigenvalue weighted by atomic mass is 10.1. The molecule has 0 saturated heterocycles. The molecule has 0 N–H and O–H groups in total. The van der Waals surface area contributed by atoms with Crippen LogP contribution in [0.5, 0.6) is 0 Å². The quantitative estimate of drug-likeness (QED) is 0.126. The molecule has 0 amide bonds. The predicted octanol–water partition coefficient (Wildman–Crippen LogP) is 1.94. The Balaban J connectivity index is 3.37. The normalized spacial score (nSPS) is 10.8. The van der Waals surface area contributed by atoms with E-state index in [0.717, 1.165) is 25.9 Å². The van der Waals surface area contributed by atoms with Crippen LogP contribution < -0.4 is 0 Å². The Labute approximate surface area is 186 Å². The predicted molar refractivity (Wildman–Crippen MR) is 115 cm³/mol. The summed E-state index contributed by atoms with van der Waals surface area (Å²) in [5.41, 5.74) is 0.342. The van der Waals surface area contributed by atoms with Gasteiger partial charge < -0.3 is 23.8 Å². The first-order chi connectivity index (χ1) is 15.4. The van der Waals surface area contributed by atoms with Gasteiger partial charge >= 0.3 is 23.9 Å². The summed E-state index contributed by atoms with van der Waals surface area (Å²) >= 11 is 0. The van der Waals surface area contributed by atoms with Crippen LogP contribution in [-0.4, -0.2) is 63.3 Å². The van der Waals surface area contributed by atoms with Crippen LogP contribution in [0.3, 0.4) is 0 Å². The second kappa shape index (κ2) is 14.2. The molecule has 0 spiro atoms. The van der Waals surface area contributed by atoms with E-state index in [1.807, 2.05) is 30.3 Å². The smallest absolute Gasteiger partial charge is 0.345 e. The van der Waals surface area contributed by atoms with Crippen molar-refractivity contribution in [1.82, 2.24) is 4.90 Å². The highest BCUT2D eigenvalue weighted by atomic mass is 16.5. The molecule has 0 unspecified atom stereocenters. The second-order valence-electron chi connectivity index (χ2n) is 6.19. The maximum atomic E-state index is 12.4. The maximum Gasteiger partial charge on any atom is 0.345 e. The van der Waals surface area contributed by atoms with Crippen LogP contribution in [0.25, 0.3) is 0 Å². The minimum absolute atomic E-state index is 0.0984. The Morgan fingerprint density at radius 3 is 2.03 bits per heavy atom. The fourth-order valence-corrected chi connectivity index (χ4v) is 2.50. The zero-order valence-electron chi connectivity index (χ0n) is 18.5. The Hall–Kier alpha value is -3.88. The molecule has 9 nitrogen and oxygen atoms in total. The number of hydrogen-bond donors (Lipinski definition) is 0. The van der Waals surface area contributed by atoms with Crippen LogP contribution in [0, 0.1) is 0 Å². The van der Waals surface area contributed by atoms with Gasteiger partial charge in [0, 0.05) is 25.4 Å². The van der Waals surface area contributed by atoms with E-state index in [0.29, 0.717) is 6.54 Å². The molecule has 0 atom stereocenters. The number of rotatable bonds is 11. The molecule has 0 bridgehead atoms. The highest BCUT2D eigenvalue weighted by Crippen LogP contribution is 2.13. The first kappa shape index (κ1) is 26.2. The average Bonchev–Trinajstić information content (AvgIpc) is 2.80. The summed E-state index contributed by atoms with van der Waals surface area (Å²) in [7, 11) is 3.37. The van der Waals surface area contributed by atoms with Crippen molar-refractivity contribution in [2.24, 2.45) is 0 Å². The van der Waals surface area contributed by atoms with Gasteiger partial charge in [0.2, 0.25) is 0 Å². The summed E-state index contributed by atoms with van der Waals surface area (Å²) in [5.74, 6) is -3.22. The molecule has 32 heavy (non-hydrogen) atoms. The van der Waals surface area contributed by atoms with Gasteiger partial charge in [0.1, 0.15) is 5.57 Å². The molecular formula is C23H27NO8. The van der Waals surface area contributed by atoms with E-state index < -0.39 is 29.5 Å². The number of esters is 4. The van der Waals surface area contributed by atoms with Crippen molar-refractivity contribution in [3.8, 4) is 0 Å². The minimum atomic E-state index is -0.969. The topological polar surface area (TPSA) is 108 Å². The number of carbonyl (C=O) groups excluding carboxylic acids is 4. The third-order valence-electron chi connectivity index (χ3n) is 3.96. The van der Waals surface area contributed by atoms with E-state index in [2.05, 4.69) is 9.47 Å². The maximum absolute atomic E-state index is 12.4. The summed E-state index contributed by atoms with van der Waals surface area (Å²) in [6.07, 6.45) is 5.30. The molecule has 1 aromatic carbocycles. The van der Waals surface area contributed by atoms with E-state index in [9.17, 15) is 19.2 Å². The van der Waals surface area contributed by atoms with Gasteiger partial charge in [-0.3, -0.25) is 0 Å². The minimum Gasteiger partial charge on any atom is -0.465 e. The van der Waals surface area contributed by atoms with Gasteiger partial charge in [-0.05, 0) is 18.6 Å². The van der Waals surface area contributed by atoms with Crippen molar-refractivity contribution in [2.75, 3.05) is 34.5 Å².